The summed E-state index contributed by atoms with van der Waals surface area (Å²) >= 11 is 0. The summed E-state index contributed by atoms with van der Waals surface area (Å²) in [7, 11) is 0. The third-order valence-corrected chi connectivity index (χ3v) is 7.42. The molecule has 2 heterocycles. The van der Waals surface area contributed by atoms with Crippen molar-refractivity contribution in [2.24, 2.45) is 0 Å². The minimum atomic E-state index is 0.515. The minimum absolute atomic E-state index is 0.515. The lowest BCUT2D eigenvalue weighted by Crippen LogP contribution is -2.00. The third kappa shape index (κ3) is 5.61. The topological polar surface area (TPSA) is 75.3 Å². The Morgan fingerprint density at radius 3 is 1.34 bits per heavy atom. The van der Waals surface area contributed by atoms with E-state index in [1.54, 1.807) is 6.20 Å². The number of hydrogen-bond donors (Lipinski definition) is 0. The van der Waals surface area contributed by atoms with Crippen molar-refractivity contribution in [1.29, 1.82) is 5.26 Å². The smallest absolute Gasteiger partial charge is 0.164 e. The molecule has 0 aliphatic heterocycles. The Morgan fingerprint density at radius 2 is 0.841 bits per heavy atom. The van der Waals surface area contributed by atoms with Crippen molar-refractivity contribution in [2.75, 3.05) is 0 Å². The van der Waals surface area contributed by atoms with E-state index in [0.29, 0.717) is 23.0 Å². The highest BCUT2D eigenvalue weighted by Gasteiger charge is 2.14. The molecule has 0 amide bonds. The molecule has 5 aromatic carbocycles. The molecule has 7 aromatic rings. The van der Waals surface area contributed by atoms with Gasteiger partial charge in [-0.1, -0.05) is 115 Å². The van der Waals surface area contributed by atoms with Crippen molar-refractivity contribution < 1.29 is 0 Å². The zero-order valence-electron chi connectivity index (χ0n) is 23.7. The Hall–Kier alpha value is -6.25. The van der Waals surface area contributed by atoms with Crippen LogP contribution in [-0.4, -0.2) is 19.9 Å². The number of pyridine rings is 1. The molecule has 0 atom stereocenters. The molecular weight excluding hydrogens is 538 g/mol. The van der Waals surface area contributed by atoms with Crippen LogP contribution in [0.2, 0.25) is 0 Å². The fourth-order valence-corrected chi connectivity index (χ4v) is 5.15. The van der Waals surface area contributed by atoms with Crippen molar-refractivity contribution in [3.8, 4) is 73.7 Å². The van der Waals surface area contributed by atoms with Gasteiger partial charge in [0.2, 0.25) is 0 Å². The summed E-state index contributed by atoms with van der Waals surface area (Å²) in [4.78, 5) is 19.0. The van der Waals surface area contributed by atoms with Crippen LogP contribution >= 0.6 is 0 Å². The lowest BCUT2D eigenvalue weighted by molar-refractivity contribution is 1.07. The number of aromatic nitrogens is 4. The zero-order valence-corrected chi connectivity index (χ0v) is 23.7. The molecule has 5 nitrogen and oxygen atoms in total. The van der Waals surface area contributed by atoms with Gasteiger partial charge in [0.05, 0.1) is 17.3 Å². The van der Waals surface area contributed by atoms with Gasteiger partial charge in [0.15, 0.2) is 17.5 Å². The number of benzene rings is 5. The van der Waals surface area contributed by atoms with Crippen LogP contribution in [0.1, 0.15) is 5.56 Å². The van der Waals surface area contributed by atoms with Crippen LogP contribution in [-0.2, 0) is 0 Å². The van der Waals surface area contributed by atoms with Gasteiger partial charge in [-0.05, 0) is 52.6 Å². The van der Waals surface area contributed by atoms with E-state index in [1.165, 1.54) is 0 Å². The van der Waals surface area contributed by atoms with E-state index in [9.17, 15) is 5.26 Å². The quantitative estimate of drug-likeness (QED) is 0.202. The van der Waals surface area contributed by atoms with Gasteiger partial charge in [-0.15, -0.1) is 0 Å². The van der Waals surface area contributed by atoms with E-state index < -0.39 is 0 Å². The molecule has 0 aliphatic rings. The molecule has 44 heavy (non-hydrogen) atoms. The number of nitrogens with zero attached hydrogens (tertiary/aromatic N) is 5. The van der Waals surface area contributed by atoms with Crippen LogP contribution in [0.4, 0.5) is 0 Å². The Balaban J connectivity index is 1.25. The van der Waals surface area contributed by atoms with Gasteiger partial charge < -0.3 is 0 Å². The highest BCUT2D eigenvalue weighted by atomic mass is 15.0. The second kappa shape index (κ2) is 11.9. The van der Waals surface area contributed by atoms with Crippen LogP contribution in [0.15, 0.2) is 152 Å². The van der Waals surface area contributed by atoms with E-state index in [2.05, 4.69) is 59.6 Å². The van der Waals surface area contributed by atoms with Crippen LogP contribution in [0.5, 0.6) is 0 Å². The Morgan fingerprint density at radius 1 is 0.386 bits per heavy atom. The van der Waals surface area contributed by atoms with E-state index in [0.717, 1.165) is 50.2 Å². The van der Waals surface area contributed by atoms with Crippen molar-refractivity contribution in [3.05, 3.63) is 157 Å². The second-order valence-corrected chi connectivity index (χ2v) is 10.3. The van der Waals surface area contributed by atoms with Crippen molar-refractivity contribution in [1.82, 2.24) is 19.9 Å². The summed E-state index contributed by atoms with van der Waals surface area (Å²) in [6, 6.07) is 50.5. The number of rotatable bonds is 6. The van der Waals surface area contributed by atoms with Crippen molar-refractivity contribution in [2.45, 2.75) is 0 Å². The average Bonchev–Trinajstić information content (AvgIpc) is 3.12. The third-order valence-electron chi connectivity index (χ3n) is 7.42. The maximum atomic E-state index is 9.94. The molecule has 2 aromatic heterocycles. The SMILES string of the molecule is N#Cc1cc(-c2ccc(-c3ccc(-c4ccccn4)cc3)cc2)cc(-c2nc(-c3ccccc3)nc(-c3ccccc3)n2)c1. The summed E-state index contributed by atoms with van der Waals surface area (Å²) in [6.07, 6.45) is 1.81. The van der Waals surface area contributed by atoms with Gasteiger partial charge in [-0.25, -0.2) is 15.0 Å². The standard InChI is InChI=1S/C39H25N5/c40-26-27-23-34(30-16-14-28(15-17-30)29-18-20-31(21-19-29)36-13-7-8-22-41-36)25-35(24-27)39-43-37(32-9-3-1-4-10-32)42-38(44-39)33-11-5-2-6-12-33/h1-25H. The van der Waals surface area contributed by atoms with Crippen molar-refractivity contribution in [3.63, 3.8) is 0 Å². The Labute approximate surface area is 255 Å². The summed E-state index contributed by atoms with van der Waals surface area (Å²) in [6.45, 7) is 0. The first kappa shape index (κ1) is 26.6. The molecule has 0 saturated heterocycles. The van der Waals surface area contributed by atoms with Gasteiger partial charge in [0.1, 0.15) is 0 Å². The lowest BCUT2D eigenvalue weighted by atomic mass is 9.96. The Bertz CT molecular complexity index is 2030. The molecule has 0 aliphatic carbocycles. The lowest BCUT2D eigenvalue weighted by Gasteiger charge is -2.11. The molecule has 0 bridgehead atoms. The first-order valence-electron chi connectivity index (χ1n) is 14.3. The minimum Gasteiger partial charge on any atom is -0.256 e. The van der Waals surface area contributed by atoms with Crippen molar-refractivity contribution >= 4 is 0 Å². The largest absolute Gasteiger partial charge is 0.256 e. The summed E-state index contributed by atoms with van der Waals surface area (Å²) in [5, 5.41) is 9.94. The van der Waals surface area contributed by atoms with E-state index in [4.69, 9.17) is 15.0 Å². The summed E-state index contributed by atoms with van der Waals surface area (Å²) in [5.41, 5.74) is 9.26. The van der Waals surface area contributed by atoms with Gasteiger partial charge in [-0.2, -0.15) is 5.26 Å². The molecule has 0 spiro atoms. The van der Waals surface area contributed by atoms with E-state index in [-0.39, 0.29) is 0 Å². The average molecular weight is 564 g/mol. The molecular formula is C39H25N5. The first-order chi connectivity index (χ1) is 21.7. The monoisotopic (exact) mass is 563 g/mol. The maximum Gasteiger partial charge on any atom is 0.164 e. The fourth-order valence-electron chi connectivity index (χ4n) is 5.15. The van der Waals surface area contributed by atoms with Crippen LogP contribution in [0.25, 0.3) is 67.7 Å². The first-order valence-corrected chi connectivity index (χ1v) is 14.3. The molecule has 0 fully saturated rings. The van der Waals surface area contributed by atoms with E-state index in [1.807, 2.05) is 97.1 Å². The van der Waals surface area contributed by atoms with E-state index >= 15 is 0 Å². The second-order valence-electron chi connectivity index (χ2n) is 10.3. The maximum absolute atomic E-state index is 9.94. The fraction of sp³-hybridized carbons (Fsp3) is 0. The molecule has 0 unspecified atom stereocenters. The molecule has 0 radical (unpaired) electrons. The molecule has 5 heteroatoms. The van der Waals surface area contributed by atoms with Crippen LogP contribution in [0, 0.1) is 11.3 Å². The Kier molecular flexibility index (Phi) is 7.22. The van der Waals surface area contributed by atoms with Gasteiger partial charge in [-0.3, -0.25) is 4.98 Å². The predicted octanol–water partition coefficient (Wildman–Crippen LogP) is 9.14. The van der Waals surface area contributed by atoms with Crippen LogP contribution in [0.3, 0.4) is 0 Å². The normalized spacial score (nSPS) is 10.7. The zero-order chi connectivity index (χ0) is 29.7. The molecule has 0 N–H and O–H groups in total. The number of hydrogen-bond acceptors (Lipinski definition) is 5. The highest BCUT2D eigenvalue weighted by Crippen LogP contribution is 2.31. The molecule has 7 rings (SSSR count). The van der Waals surface area contributed by atoms with Gasteiger partial charge in [0, 0.05) is 28.5 Å². The summed E-state index contributed by atoms with van der Waals surface area (Å²) in [5.74, 6) is 1.68. The highest BCUT2D eigenvalue weighted by molar-refractivity contribution is 5.77. The molecule has 0 saturated carbocycles. The van der Waals surface area contributed by atoms with Gasteiger partial charge in [0.25, 0.3) is 0 Å². The predicted molar refractivity (Wildman–Crippen MR) is 175 cm³/mol. The number of nitriles is 1. The summed E-state index contributed by atoms with van der Waals surface area (Å²) < 4.78 is 0. The molecule has 206 valence electrons. The van der Waals surface area contributed by atoms with Crippen LogP contribution < -0.4 is 0 Å². The van der Waals surface area contributed by atoms with Gasteiger partial charge >= 0.3 is 0 Å².